The third-order valence-electron chi connectivity index (χ3n) is 2.69. The first kappa shape index (κ1) is 11.9. The first-order valence-electron chi connectivity index (χ1n) is 4.97. The molecule has 0 aliphatic carbocycles. The highest BCUT2D eigenvalue weighted by Crippen LogP contribution is 2.27. The lowest BCUT2D eigenvalue weighted by Gasteiger charge is -2.42. The van der Waals surface area contributed by atoms with Gasteiger partial charge in [0.15, 0.2) is 0 Å². The van der Waals surface area contributed by atoms with Crippen molar-refractivity contribution in [2.45, 2.75) is 31.7 Å². The van der Waals surface area contributed by atoms with Crippen LogP contribution in [0.2, 0.25) is 0 Å². The van der Waals surface area contributed by atoms with Crippen LogP contribution in [0, 0.1) is 0 Å². The second kappa shape index (κ2) is 3.73. The molecule has 0 aromatic carbocycles. The third kappa shape index (κ3) is 2.12. The van der Waals surface area contributed by atoms with E-state index in [1.165, 1.54) is 17.3 Å². The van der Waals surface area contributed by atoms with Gasteiger partial charge in [-0.25, -0.2) is 0 Å². The van der Waals surface area contributed by atoms with Gasteiger partial charge in [-0.3, -0.25) is 9.48 Å². The minimum absolute atomic E-state index is 0.217. The molecule has 2 N–H and O–H groups in total. The Morgan fingerprint density at radius 1 is 1.53 bits per heavy atom. The van der Waals surface area contributed by atoms with Gasteiger partial charge < -0.3 is 10.6 Å². The molecule has 2 atom stereocenters. The summed E-state index contributed by atoms with van der Waals surface area (Å²) in [5, 5.41) is 3.56. The fourth-order valence-corrected chi connectivity index (χ4v) is 1.76. The van der Waals surface area contributed by atoms with E-state index in [2.05, 4.69) is 5.10 Å². The van der Waals surface area contributed by atoms with Crippen molar-refractivity contribution in [2.24, 2.45) is 5.73 Å². The lowest BCUT2D eigenvalue weighted by molar-refractivity contribution is -0.142. The Hall–Kier alpha value is -1.57. The van der Waals surface area contributed by atoms with Crippen LogP contribution in [-0.4, -0.2) is 33.9 Å². The number of aromatic nitrogens is 2. The highest BCUT2D eigenvalue weighted by atomic mass is 19.4. The number of anilines is 1. The van der Waals surface area contributed by atoms with Gasteiger partial charge in [0.05, 0.1) is 17.9 Å². The molecule has 1 aliphatic heterocycles. The summed E-state index contributed by atoms with van der Waals surface area (Å²) in [6, 6.07) is -0.799. The van der Waals surface area contributed by atoms with Crippen LogP contribution >= 0.6 is 0 Å². The molecule has 2 heterocycles. The minimum Gasteiger partial charge on any atom is -0.318 e. The number of β-lactam (4-membered cyclic amide) rings is 1. The maximum absolute atomic E-state index is 12.1. The standard InChI is InChI=1S/C9H11F3N4O/c1-5-7(13)8(17)16(5)6-2-14-15(3-6)4-9(10,11)12/h2-3,5,7H,4,13H2,1H3/t5-,7+/m0/s1. The van der Waals surface area contributed by atoms with Crippen molar-refractivity contribution in [1.29, 1.82) is 0 Å². The molecule has 5 nitrogen and oxygen atoms in total. The molecule has 1 amide bonds. The summed E-state index contributed by atoms with van der Waals surface area (Å²) in [5.74, 6) is -0.302. The molecule has 94 valence electrons. The van der Waals surface area contributed by atoms with Crippen molar-refractivity contribution >= 4 is 11.6 Å². The molecule has 1 aromatic heterocycles. The number of hydrogen-bond donors (Lipinski definition) is 1. The van der Waals surface area contributed by atoms with E-state index in [0.29, 0.717) is 5.69 Å². The quantitative estimate of drug-likeness (QED) is 0.775. The SMILES string of the molecule is C[C@H]1[C@@H](N)C(=O)N1c1cnn(CC(F)(F)F)c1. The van der Waals surface area contributed by atoms with Crippen molar-refractivity contribution < 1.29 is 18.0 Å². The summed E-state index contributed by atoms with van der Waals surface area (Å²) in [6.07, 6.45) is -1.91. The van der Waals surface area contributed by atoms with Crippen molar-refractivity contribution in [3.63, 3.8) is 0 Å². The van der Waals surface area contributed by atoms with Gasteiger partial charge in [-0.2, -0.15) is 18.3 Å². The van der Waals surface area contributed by atoms with Crippen LogP contribution in [0.3, 0.4) is 0 Å². The molecular formula is C9H11F3N4O. The predicted molar refractivity (Wildman–Crippen MR) is 53.2 cm³/mol. The number of carbonyl (C=O) groups excluding carboxylic acids is 1. The number of nitrogens with zero attached hydrogens (tertiary/aromatic N) is 3. The Morgan fingerprint density at radius 3 is 2.71 bits per heavy atom. The van der Waals surface area contributed by atoms with Crippen LogP contribution in [-0.2, 0) is 11.3 Å². The van der Waals surface area contributed by atoms with Crippen LogP contribution in [0.25, 0.3) is 0 Å². The van der Waals surface area contributed by atoms with Gasteiger partial charge in [-0.15, -0.1) is 0 Å². The Bertz CT molecular complexity index is 442. The number of amides is 1. The van der Waals surface area contributed by atoms with Crippen LogP contribution in [0.5, 0.6) is 0 Å². The van der Waals surface area contributed by atoms with E-state index in [-0.39, 0.29) is 11.9 Å². The molecule has 0 spiro atoms. The number of halogens is 3. The van der Waals surface area contributed by atoms with E-state index in [9.17, 15) is 18.0 Å². The van der Waals surface area contributed by atoms with Gasteiger partial charge in [0.2, 0.25) is 5.91 Å². The van der Waals surface area contributed by atoms with Crippen LogP contribution < -0.4 is 10.6 Å². The zero-order valence-electron chi connectivity index (χ0n) is 8.98. The highest BCUT2D eigenvalue weighted by molar-refractivity contribution is 6.05. The normalized spacial score (nSPS) is 25.0. The molecule has 2 rings (SSSR count). The molecule has 1 aromatic rings. The summed E-state index contributed by atoms with van der Waals surface area (Å²) < 4.78 is 37.1. The molecular weight excluding hydrogens is 237 g/mol. The molecule has 8 heteroatoms. The molecule has 0 bridgehead atoms. The summed E-state index contributed by atoms with van der Waals surface area (Å²) in [5.41, 5.74) is 5.84. The number of nitrogens with two attached hydrogens (primary N) is 1. The lowest BCUT2D eigenvalue weighted by Crippen LogP contribution is -2.67. The van der Waals surface area contributed by atoms with Crippen molar-refractivity contribution in [3.05, 3.63) is 12.4 Å². The van der Waals surface area contributed by atoms with Gasteiger partial charge in [-0.1, -0.05) is 0 Å². The average molecular weight is 248 g/mol. The zero-order chi connectivity index (χ0) is 12.8. The second-order valence-corrected chi connectivity index (χ2v) is 3.99. The predicted octanol–water partition coefficient (Wildman–Crippen LogP) is 0.508. The maximum atomic E-state index is 12.1. The Balaban J connectivity index is 2.12. The molecule has 1 fully saturated rings. The van der Waals surface area contributed by atoms with Gasteiger partial charge >= 0.3 is 6.18 Å². The van der Waals surface area contributed by atoms with Gasteiger partial charge in [-0.05, 0) is 6.92 Å². The van der Waals surface area contributed by atoms with E-state index in [4.69, 9.17) is 5.73 Å². The fraction of sp³-hybridized carbons (Fsp3) is 0.556. The first-order valence-corrected chi connectivity index (χ1v) is 4.97. The average Bonchev–Trinajstić information content (AvgIpc) is 2.63. The Labute approximate surface area is 95.0 Å². The molecule has 1 saturated heterocycles. The minimum atomic E-state index is -4.33. The number of alkyl halides is 3. The van der Waals surface area contributed by atoms with Crippen LogP contribution in [0.4, 0.5) is 18.9 Å². The maximum Gasteiger partial charge on any atom is 0.408 e. The number of rotatable bonds is 2. The smallest absolute Gasteiger partial charge is 0.318 e. The molecule has 17 heavy (non-hydrogen) atoms. The Kier molecular flexibility index (Phi) is 2.61. The van der Waals surface area contributed by atoms with Gasteiger partial charge in [0, 0.05) is 6.20 Å². The summed E-state index contributed by atoms with van der Waals surface area (Å²) in [4.78, 5) is 12.7. The van der Waals surface area contributed by atoms with E-state index in [0.717, 1.165) is 4.68 Å². The number of carbonyl (C=O) groups is 1. The number of hydrogen-bond acceptors (Lipinski definition) is 3. The van der Waals surface area contributed by atoms with Crippen LogP contribution in [0.15, 0.2) is 12.4 Å². The second-order valence-electron chi connectivity index (χ2n) is 3.99. The largest absolute Gasteiger partial charge is 0.408 e. The van der Waals surface area contributed by atoms with Crippen molar-refractivity contribution in [2.75, 3.05) is 4.90 Å². The van der Waals surface area contributed by atoms with Crippen molar-refractivity contribution in [1.82, 2.24) is 9.78 Å². The summed E-state index contributed by atoms with van der Waals surface area (Å²) in [7, 11) is 0. The summed E-state index contributed by atoms with van der Waals surface area (Å²) >= 11 is 0. The zero-order valence-corrected chi connectivity index (χ0v) is 8.98. The molecule has 0 radical (unpaired) electrons. The third-order valence-corrected chi connectivity index (χ3v) is 2.69. The fourth-order valence-electron chi connectivity index (χ4n) is 1.76. The molecule has 0 unspecified atom stereocenters. The Morgan fingerprint density at radius 2 is 2.18 bits per heavy atom. The molecule has 1 aliphatic rings. The topological polar surface area (TPSA) is 64.2 Å². The summed E-state index contributed by atoms with van der Waals surface area (Å²) in [6.45, 7) is 0.558. The lowest BCUT2D eigenvalue weighted by atomic mass is 9.97. The van der Waals surface area contributed by atoms with E-state index in [1.807, 2.05) is 0 Å². The van der Waals surface area contributed by atoms with E-state index < -0.39 is 18.8 Å². The van der Waals surface area contributed by atoms with Gasteiger partial charge in [0.1, 0.15) is 12.6 Å². The first-order chi connectivity index (χ1) is 7.79. The van der Waals surface area contributed by atoms with Crippen LogP contribution in [0.1, 0.15) is 6.92 Å². The van der Waals surface area contributed by atoms with Crippen molar-refractivity contribution in [3.8, 4) is 0 Å². The highest BCUT2D eigenvalue weighted by Gasteiger charge is 2.43. The van der Waals surface area contributed by atoms with E-state index in [1.54, 1.807) is 6.92 Å². The molecule has 0 saturated carbocycles. The monoisotopic (exact) mass is 248 g/mol. The van der Waals surface area contributed by atoms with Gasteiger partial charge in [0.25, 0.3) is 0 Å². The van der Waals surface area contributed by atoms with E-state index >= 15 is 0 Å².